The van der Waals surface area contributed by atoms with Crippen molar-refractivity contribution in [1.82, 2.24) is 10.2 Å². The summed E-state index contributed by atoms with van der Waals surface area (Å²) in [6.07, 6.45) is 2.79. The minimum absolute atomic E-state index is 0.316. The van der Waals surface area contributed by atoms with Crippen molar-refractivity contribution in [3.05, 3.63) is 29.8 Å². The lowest BCUT2D eigenvalue weighted by Crippen LogP contribution is -2.36. The Labute approximate surface area is 128 Å². The maximum absolute atomic E-state index is 5.73. The van der Waals surface area contributed by atoms with Crippen molar-refractivity contribution in [2.24, 2.45) is 0 Å². The molecular weight excluding hydrogens is 264 g/mol. The number of methoxy groups -OCH3 is 1. The van der Waals surface area contributed by atoms with Crippen LogP contribution in [-0.2, 0) is 4.74 Å². The number of hydrogen-bond donors (Lipinski definition) is 1. The van der Waals surface area contributed by atoms with Gasteiger partial charge in [-0.1, -0.05) is 19.1 Å². The van der Waals surface area contributed by atoms with Crippen molar-refractivity contribution >= 4 is 0 Å². The Morgan fingerprint density at radius 1 is 1.48 bits per heavy atom. The molecule has 2 rings (SSSR count). The first-order valence-electron chi connectivity index (χ1n) is 7.90. The van der Waals surface area contributed by atoms with E-state index in [-0.39, 0.29) is 0 Å². The van der Waals surface area contributed by atoms with Crippen LogP contribution < -0.4 is 10.1 Å². The molecule has 1 saturated heterocycles. The molecule has 4 nitrogen and oxygen atoms in total. The van der Waals surface area contributed by atoms with Crippen LogP contribution in [0.4, 0.5) is 0 Å². The van der Waals surface area contributed by atoms with E-state index in [1.54, 1.807) is 7.11 Å². The lowest BCUT2D eigenvalue weighted by molar-refractivity contribution is 0.0784. The highest BCUT2D eigenvalue weighted by atomic mass is 16.5. The fourth-order valence-corrected chi connectivity index (χ4v) is 2.91. The van der Waals surface area contributed by atoms with Crippen molar-refractivity contribution in [3.8, 4) is 5.75 Å². The van der Waals surface area contributed by atoms with Crippen LogP contribution in [0.25, 0.3) is 0 Å². The number of nitrogens with one attached hydrogen (secondary N) is 1. The molecule has 0 aliphatic carbocycles. The summed E-state index contributed by atoms with van der Waals surface area (Å²) < 4.78 is 11.1. The molecule has 1 N–H and O–H groups in total. The van der Waals surface area contributed by atoms with Gasteiger partial charge in [-0.25, -0.2) is 0 Å². The summed E-state index contributed by atoms with van der Waals surface area (Å²) in [5, 5.41) is 3.57. The third kappa shape index (κ3) is 4.99. The number of hydrogen-bond acceptors (Lipinski definition) is 4. The van der Waals surface area contributed by atoms with Crippen molar-refractivity contribution in [2.75, 3.05) is 40.4 Å². The standard InChI is InChI=1S/C17H28N2O2/c1-4-18-17(14-7-5-8-15(11-14)20-3)13-19(2)12-16-9-6-10-21-16/h5,7-8,11,16-18H,4,6,9-10,12-13H2,1-3H3. The van der Waals surface area contributed by atoms with Gasteiger partial charge in [0.25, 0.3) is 0 Å². The van der Waals surface area contributed by atoms with Gasteiger partial charge < -0.3 is 19.7 Å². The molecule has 2 unspecified atom stereocenters. The molecule has 0 aromatic heterocycles. The van der Waals surface area contributed by atoms with Gasteiger partial charge in [0.15, 0.2) is 0 Å². The van der Waals surface area contributed by atoms with E-state index in [2.05, 4.69) is 42.4 Å². The van der Waals surface area contributed by atoms with Crippen LogP contribution in [-0.4, -0.2) is 51.4 Å². The number of rotatable bonds is 8. The zero-order valence-electron chi connectivity index (χ0n) is 13.5. The Balaban J connectivity index is 1.96. The Morgan fingerprint density at radius 2 is 2.33 bits per heavy atom. The second-order valence-electron chi connectivity index (χ2n) is 5.74. The van der Waals surface area contributed by atoms with E-state index in [9.17, 15) is 0 Å². The first-order chi connectivity index (χ1) is 10.2. The summed E-state index contributed by atoms with van der Waals surface area (Å²) >= 11 is 0. The summed E-state index contributed by atoms with van der Waals surface area (Å²) in [5.74, 6) is 0.914. The van der Waals surface area contributed by atoms with Crippen molar-refractivity contribution in [1.29, 1.82) is 0 Å². The minimum Gasteiger partial charge on any atom is -0.497 e. The van der Waals surface area contributed by atoms with Gasteiger partial charge in [0.1, 0.15) is 5.75 Å². The highest BCUT2D eigenvalue weighted by Gasteiger charge is 2.20. The lowest BCUT2D eigenvalue weighted by atomic mass is 10.1. The van der Waals surface area contributed by atoms with Gasteiger partial charge >= 0.3 is 0 Å². The van der Waals surface area contributed by atoms with Gasteiger partial charge in [0, 0.05) is 25.7 Å². The van der Waals surface area contributed by atoms with Crippen LogP contribution in [0.3, 0.4) is 0 Å². The Hall–Kier alpha value is -1.10. The molecule has 1 aliphatic heterocycles. The third-order valence-corrected chi connectivity index (χ3v) is 3.98. The van der Waals surface area contributed by atoms with E-state index in [0.717, 1.165) is 32.0 Å². The quantitative estimate of drug-likeness (QED) is 0.798. The number of benzene rings is 1. The van der Waals surface area contributed by atoms with Crippen LogP contribution in [0.15, 0.2) is 24.3 Å². The van der Waals surface area contributed by atoms with Crippen molar-refractivity contribution < 1.29 is 9.47 Å². The second kappa shape index (κ2) is 8.37. The molecule has 21 heavy (non-hydrogen) atoms. The zero-order valence-corrected chi connectivity index (χ0v) is 13.5. The van der Waals surface area contributed by atoms with E-state index in [0.29, 0.717) is 12.1 Å². The maximum atomic E-state index is 5.73. The zero-order chi connectivity index (χ0) is 15.1. The average molecular weight is 292 g/mol. The Bertz CT molecular complexity index is 419. The molecule has 0 radical (unpaired) electrons. The van der Waals surface area contributed by atoms with Crippen LogP contribution in [0.5, 0.6) is 5.75 Å². The molecule has 4 heteroatoms. The van der Waals surface area contributed by atoms with Gasteiger partial charge in [-0.15, -0.1) is 0 Å². The summed E-state index contributed by atoms with van der Waals surface area (Å²) in [4.78, 5) is 2.36. The first kappa shape index (κ1) is 16.3. The van der Waals surface area contributed by atoms with Crippen LogP contribution in [0.1, 0.15) is 31.4 Å². The fourth-order valence-electron chi connectivity index (χ4n) is 2.91. The second-order valence-corrected chi connectivity index (χ2v) is 5.74. The van der Waals surface area contributed by atoms with Crippen LogP contribution in [0.2, 0.25) is 0 Å². The highest BCUT2D eigenvalue weighted by molar-refractivity contribution is 5.30. The van der Waals surface area contributed by atoms with E-state index in [1.807, 2.05) is 6.07 Å². The molecule has 1 fully saturated rings. The molecule has 1 aromatic carbocycles. The molecule has 0 amide bonds. The number of nitrogens with zero attached hydrogens (tertiary/aromatic N) is 1. The van der Waals surface area contributed by atoms with Gasteiger partial charge in [-0.3, -0.25) is 0 Å². The molecule has 1 aromatic rings. The maximum Gasteiger partial charge on any atom is 0.119 e. The molecule has 0 spiro atoms. The molecular formula is C17H28N2O2. The topological polar surface area (TPSA) is 33.7 Å². The van der Waals surface area contributed by atoms with Crippen LogP contribution >= 0.6 is 0 Å². The summed E-state index contributed by atoms with van der Waals surface area (Å²) in [5.41, 5.74) is 1.27. The van der Waals surface area contributed by atoms with Crippen molar-refractivity contribution in [2.45, 2.75) is 31.9 Å². The number of ether oxygens (including phenoxy) is 2. The van der Waals surface area contributed by atoms with Gasteiger partial charge in [-0.05, 0) is 44.1 Å². The average Bonchev–Trinajstić information content (AvgIpc) is 2.99. The predicted molar refractivity (Wildman–Crippen MR) is 85.9 cm³/mol. The normalized spacial score (nSPS) is 19.9. The molecule has 1 heterocycles. The summed E-state index contributed by atoms with van der Waals surface area (Å²) in [6.45, 7) is 6.00. The van der Waals surface area contributed by atoms with E-state index in [4.69, 9.17) is 9.47 Å². The van der Waals surface area contributed by atoms with E-state index >= 15 is 0 Å². The molecule has 118 valence electrons. The third-order valence-electron chi connectivity index (χ3n) is 3.98. The Kier molecular flexibility index (Phi) is 6.49. The van der Waals surface area contributed by atoms with Crippen LogP contribution in [0, 0.1) is 0 Å². The summed E-state index contributed by atoms with van der Waals surface area (Å²) in [6, 6.07) is 8.64. The fraction of sp³-hybridized carbons (Fsp3) is 0.647. The van der Waals surface area contributed by atoms with Gasteiger partial charge in [-0.2, -0.15) is 0 Å². The smallest absolute Gasteiger partial charge is 0.119 e. The highest BCUT2D eigenvalue weighted by Crippen LogP contribution is 2.21. The summed E-state index contributed by atoms with van der Waals surface area (Å²) in [7, 11) is 3.89. The van der Waals surface area contributed by atoms with Gasteiger partial charge in [0.2, 0.25) is 0 Å². The SMILES string of the molecule is CCNC(CN(C)CC1CCCO1)c1cccc(OC)c1. The first-order valence-corrected chi connectivity index (χ1v) is 7.90. The van der Waals surface area contributed by atoms with Gasteiger partial charge in [0.05, 0.1) is 13.2 Å². The van der Waals surface area contributed by atoms with E-state index < -0.39 is 0 Å². The van der Waals surface area contributed by atoms with E-state index in [1.165, 1.54) is 18.4 Å². The predicted octanol–water partition coefficient (Wildman–Crippen LogP) is 2.46. The monoisotopic (exact) mass is 292 g/mol. The molecule has 2 atom stereocenters. The number of likely N-dealkylation sites (N-methyl/N-ethyl adjacent to an activating group) is 2. The lowest BCUT2D eigenvalue weighted by Gasteiger charge is -2.27. The molecule has 0 saturated carbocycles. The Morgan fingerprint density at radius 3 is 3.00 bits per heavy atom. The minimum atomic E-state index is 0.316. The molecule has 1 aliphatic rings. The largest absolute Gasteiger partial charge is 0.497 e. The molecule has 0 bridgehead atoms. The van der Waals surface area contributed by atoms with Crippen molar-refractivity contribution in [3.63, 3.8) is 0 Å².